The van der Waals surface area contributed by atoms with E-state index in [9.17, 15) is 0 Å². The van der Waals surface area contributed by atoms with Gasteiger partial charge in [-0.15, -0.1) is 11.8 Å². The molecule has 1 aromatic rings. The number of rotatable bonds is 2. The molecule has 0 amide bonds. The average molecular weight is 221 g/mol. The van der Waals surface area contributed by atoms with Crippen molar-refractivity contribution in [2.24, 2.45) is 0 Å². The van der Waals surface area contributed by atoms with Crippen LogP contribution in [0.25, 0.3) is 0 Å². The Balaban J connectivity index is 3.14. The Morgan fingerprint density at radius 3 is 2.47 bits per heavy atom. The highest BCUT2D eigenvalue weighted by molar-refractivity contribution is 7.98. The molecule has 80 valence electrons. The maximum absolute atomic E-state index is 9.08. The van der Waals surface area contributed by atoms with Crippen LogP contribution in [0.15, 0.2) is 23.1 Å². The Morgan fingerprint density at radius 2 is 2.00 bits per heavy atom. The van der Waals surface area contributed by atoms with Crippen molar-refractivity contribution in [1.82, 2.24) is 0 Å². The van der Waals surface area contributed by atoms with Crippen molar-refractivity contribution < 1.29 is 4.74 Å². The smallest absolute Gasteiger partial charge is 0.139 e. The van der Waals surface area contributed by atoms with Gasteiger partial charge in [-0.3, -0.25) is 0 Å². The number of benzene rings is 1. The van der Waals surface area contributed by atoms with E-state index in [2.05, 4.69) is 6.07 Å². The van der Waals surface area contributed by atoms with Crippen LogP contribution >= 0.6 is 11.8 Å². The van der Waals surface area contributed by atoms with E-state index in [1.165, 1.54) is 0 Å². The lowest BCUT2D eigenvalue weighted by Crippen LogP contribution is -2.23. The lowest BCUT2D eigenvalue weighted by Gasteiger charge is -2.22. The highest BCUT2D eigenvalue weighted by Crippen LogP contribution is 2.30. The van der Waals surface area contributed by atoms with Crippen LogP contribution in [0.4, 0.5) is 0 Å². The van der Waals surface area contributed by atoms with Crippen molar-refractivity contribution in [3.63, 3.8) is 0 Å². The second-order valence-corrected chi connectivity index (χ2v) is 5.01. The molecule has 0 saturated heterocycles. The molecule has 0 aliphatic rings. The number of hydrogen-bond acceptors (Lipinski definition) is 3. The number of hydrogen-bond donors (Lipinski definition) is 0. The molecule has 15 heavy (non-hydrogen) atoms. The van der Waals surface area contributed by atoms with E-state index in [0.717, 1.165) is 4.90 Å². The summed E-state index contributed by atoms with van der Waals surface area (Å²) in [5, 5.41) is 9.08. The fraction of sp³-hybridized carbons (Fsp3) is 0.417. The van der Waals surface area contributed by atoms with Gasteiger partial charge in [-0.2, -0.15) is 5.26 Å². The normalized spacial score (nSPS) is 10.9. The minimum absolute atomic E-state index is 0.275. The molecule has 0 aliphatic heterocycles. The quantitative estimate of drug-likeness (QED) is 0.717. The fourth-order valence-corrected chi connectivity index (χ4v) is 1.77. The second kappa shape index (κ2) is 4.59. The molecule has 0 heterocycles. The Hall–Kier alpha value is -1.14. The van der Waals surface area contributed by atoms with E-state index in [0.29, 0.717) is 11.3 Å². The summed E-state index contributed by atoms with van der Waals surface area (Å²) >= 11 is 1.56. The standard InChI is InChI=1S/C12H15NOS/c1-12(2,3)14-10-6-5-7-11(15-4)9(10)8-13/h5-7H,1-4H3. The summed E-state index contributed by atoms with van der Waals surface area (Å²) < 4.78 is 5.73. The van der Waals surface area contributed by atoms with Crippen LogP contribution < -0.4 is 4.74 Å². The summed E-state index contributed by atoms with van der Waals surface area (Å²) in [6.07, 6.45) is 1.96. The summed E-state index contributed by atoms with van der Waals surface area (Å²) in [4.78, 5) is 0.958. The molecule has 0 aliphatic carbocycles. The Morgan fingerprint density at radius 1 is 1.33 bits per heavy atom. The molecule has 0 bridgehead atoms. The van der Waals surface area contributed by atoms with Crippen LogP contribution in [-0.2, 0) is 0 Å². The minimum atomic E-state index is -0.275. The maximum atomic E-state index is 9.08. The second-order valence-electron chi connectivity index (χ2n) is 4.16. The molecule has 0 unspecified atom stereocenters. The lowest BCUT2D eigenvalue weighted by atomic mass is 10.1. The minimum Gasteiger partial charge on any atom is -0.487 e. The first-order chi connectivity index (χ1) is 6.98. The van der Waals surface area contributed by atoms with Crippen molar-refractivity contribution >= 4 is 11.8 Å². The summed E-state index contributed by atoms with van der Waals surface area (Å²) in [6, 6.07) is 7.87. The van der Waals surface area contributed by atoms with E-state index < -0.39 is 0 Å². The third kappa shape index (κ3) is 3.17. The molecular formula is C12H15NOS. The third-order valence-corrected chi connectivity index (χ3v) is 2.52. The van der Waals surface area contributed by atoms with Gasteiger partial charge in [0.25, 0.3) is 0 Å². The monoisotopic (exact) mass is 221 g/mol. The molecule has 0 radical (unpaired) electrons. The van der Waals surface area contributed by atoms with Gasteiger partial charge < -0.3 is 4.74 Å². The summed E-state index contributed by atoms with van der Waals surface area (Å²) in [6.45, 7) is 5.92. The highest BCUT2D eigenvalue weighted by Gasteiger charge is 2.16. The summed E-state index contributed by atoms with van der Waals surface area (Å²) in [5.41, 5.74) is 0.350. The van der Waals surface area contributed by atoms with Gasteiger partial charge in [0.15, 0.2) is 0 Å². The predicted octanol–water partition coefficient (Wildman–Crippen LogP) is 3.46. The Labute approximate surface area is 95.3 Å². The average Bonchev–Trinajstić information content (AvgIpc) is 2.15. The van der Waals surface area contributed by atoms with Crippen LogP contribution in [0.5, 0.6) is 5.75 Å². The molecule has 3 heteroatoms. The molecule has 0 atom stereocenters. The molecule has 0 aromatic heterocycles. The third-order valence-electron chi connectivity index (χ3n) is 1.74. The topological polar surface area (TPSA) is 33.0 Å². The van der Waals surface area contributed by atoms with Gasteiger partial charge in [0.2, 0.25) is 0 Å². The number of thioether (sulfide) groups is 1. The van der Waals surface area contributed by atoms with Gasteiger partial charge in [0, 0.05) is 4.90 Å². The zero-order valence-corrected chi connectivity index (χ0v) is 10.3. The van der Waals surface area contributed by atoms with Gasteiger partial charge in [0.1, 0.15) is 23.0 Å². The fourth-order valence-electron chi connectivity index (χ4n) is 1.21. The van der Waals surface area contributed by atoms with Crippen LogP contribution in [0.3, 0.4) is 0 Å². The zero-order chi connectivity index (χ0) is 11.5. The van der Waals surface area contributed by atoms with Crippen LogP contribution in [0, 0.1) is 11.3 Å². The molecular weight excluding hydrogens is 206 g/mol. The molecule has 1 rings (SSSR count). The van der Waals surface area contributed by atoms with Crippen molar-refractivity contribution in [3.05, 3.63) is 23.8 Å². The first-order valence-electron chi connectivity index (χ1n) is 4.74. The molecule has 2 nitrogen and oxygen atoms in total. The number of nitrogens with zero attached hydrogens (tertiary/aromatic N) is 1. The van der Waals surface area contributed by atoms with Crippen LogP contribution in [0.1, 0.15) is 26.3 Å². The van der Waals surface area contributed by atoms with Gasteiger partial charge in [-0.05, 0) is 39.2 Å². The Kier molecular flexibility index (Phi) is 3.65. The highest BCUT2D eigenvalue weighted by atomic mass is 32.2. The maximum Gasteiger partial charge on any atom is 0.139 e. The van der Waals surface area contributed by atoms with E-state index >= 15 is 0 Å². The van der Waals surface area contributed by atoms with E-state index in [4.69, 9.17) is 10.00 Å². The molecule has 0 N–H and O–H groups in total. The van der Waals surface area contributed by atoms with Crippen LogP contribution in [0.2, 0.25) is 0 Å². The first kappa shape index (κ1) is 11.9. The van der Waals surface area contributed by atoms with E-state index in [-0.39, 0.29) is 5.60 Å². The molecule has 0 spiro atoms. The van der Waals surface area contributed by atoms with E-state index in [1.54, 1.807) is 11.8 Å². The lowest BCUT2D eigenvalue weighted by molar-refractivity contribution is 0.130. The number of ether oxygens (including phenoxy) is 1. The van der Waals surface area contributed by atoms with Crippen molar-refractivity contribution in [3.8, 4) is 11.8 Å². The zero-order valence-electron chi connectivity index (χ0n) is 9.50. The van der Waals surface area contributed by atoms with Gasteiger partial charge in [-0.1, -0.05) is 6.07 Å². The molecule has 0 saturated carbocycles. The first-order valence-corrected chi connectivity index (χ1v) is 5.96. The van der Waals surface area contributed by atoms with E-state index in [1.807, 2.05) is 45.2 Å². The molecule has 0 fully saturated rings. The van der Waals surface area contributed by atoms with Gasteiger partial charge >= 0.3 is 0 Å². The van der Waals surface area contributed by atoms with Gasteiger partial charge in [0.05, 0.1) is 0 Å². The SMILES string of the molecule is CSc1cccc(OC(C)(C)C)c1C#N. The summed E-state index contributed by atoms with van der Waals surface area (Å²) in [7, 11) is 0. The Bertz CT molecular complexity index is 388. The number of nitriles is 1. The van der Waals surface area contributed by atoms with Crippen molar-refractivity contribution in [2.45, 2.75) is 31.3 Å². The van der Waals surface area contributed by atoms with Crippen LogP contribution in [-0.4, -0.2) is 11.9 Å². The van der Waals surface area contributed by atoms with Crippen molar-refractivity contribution in [2.75, 3.05) is 6.26 Å². The summed E-state index contributed by atoms with van der Waals surface area (Å²) in [5.74, 6) is 0.664. The predicted molar refractivity (Wildman–Crippen MR) is 63.3 cm³/mol. The van der Waals surface area contributed by atoms with Gasteiger partial charge in [-0.25, -0.2) is 0 Å². The molecule has 1 aromatic carbocycles. The van der Waals surface area contributed by atoms with Crippen molar-refractivity contribution in [1.29, 1.82) is 5.26 Å². The largest absolute Gasteiger partial charge is 0.487 e.